The molecular formula is C14H17N3O3. The fourth-order valence-corrected chi connectivity index (χ4v) is 2.17. The number of aromatic nitrogens is 2. The molecule has 0 atom stereocenters. The van der Waals surface area contributed by atoms with E-state index in [4.69, 9.17) is 0 Å². The highest BCUT2D eigenvalue weighted by molar-refractivity contribution is 6.01. The summed E-state index contributed by atoms with van der Waals surface area (Å²) in [5.74, 6) is -0.367. The molecule has 1 amide bonds. The molecule has 20 heavy (non-hydrogen) atoms. The molecule has 0 fully saturated rings. The molecule has 2 N–H and O–H groups in total. The van der Waals surface area contributed by atoms with Gasteiger partial charge in [0, 0.05) is 13.0 Å². The van der Waals surface area contributed by atoms with Gasteiger partial charge >= 0.3 is 5.97 Å². The Kier molecular flexibility index (Phi) is 3.74. The number of hydrogen-bond acceptors (Lipinski definition) is 3. The van der Waals surface area contributed by atoms with Crippen LogP contribution >= 0.6 is 0 Å². The van der Waals surface area contributed by atoms with Gasteiger partial charge in [-0.2, -0.15) is 0 Å². The zero-order valence-electron chi connectivity index (χ0n) is 11.7. The maximum absolute atomic E-state index is 11.6. The molecule has 0 unspecified atom stereocenters. The molecule has 0 saturated heterocycles. The molecule has 6 nitrogen and oxygen atoms in total. The molecule has 6 heteroatoms. The molecule has 2 aromatic rings. The third-order valence-corrected chi connectivity index (χ3v) is 3.14. The van der Waals surface area contributed by atoms with Crippen molar-refractivity contribution < 1.29 is 14.7 Å². The number of amides is 1. The molecule has 0 radical (unpaired) electrons. The predicted octanol–water partition coefficient (Wildman–Crippen LogP) is 1.60. The summed E-state index contributed by atoms with van der Waals surface area (Å²) in [6.07, 6.45) is 0. The highest BCUT2D eigenvalue weighted by Crippen LogP contribution is 2.24. The minimum atomic E-state index is -1.02. The van der Waals surface area contributed by atoms with Crippen molar-refractivity contribution in [2.75, 3.05) is 7.05 Å². The number of rotatable bonds is 4. The van der Waals surface area contributed by atoms with Gasteiger partial charge in [0.15, 0.2) is 0 Å². The van der Waals surface area contributed by atoms with Crippen LogP contribution in [0.1, 0.15) is 35.9 Å². The lowest BCUT2D eigenvalue weighted by atomic mass is 10.2. The molecule has 1 heterocycles. The highest BCUT2D eigenvalue weighted by Gasteiger charge is 2.19. The summed E-state index contributed by atoms with van der Waals surface area (Å²) in [5, 5.41) is 11.8. The quantitative estimate of drug-likeness (QED) is 0.887. The van der Waals surface area contributed by atoms with E-state index in [0.717, 1.165) is 0 Å². The van der Waals surface area contributed by atoms with Crippen molar-refractivity contribution in [3.8, 4) is 0 Å². The second-order valence-electron chi connectivity index (χ2n) is 4.86. The van der Waals surface area contributed by atoms with Gasteiger partial charge in [0.2, 0.25) is 5.91 Å². The molecule has 2 rings (SSSR count). The fourth-order valence-electron chi connectivity index (χ4n) is 2.17. The Labute approximate surface area is 116 Å². The monoisotopic (exact) mass is 275 g/mol. The number of fused-ring (bicyclic) bond motifs is 1. The van der Waals surface area contributed by atoms with Crippen LogP contribution < -0.4 is 5.32 Å². The van der Waals surface area contributed by atoms with Gasteiger partial charge in [-0.25, -0.2) is 9.78 Å². The number of nitrogens with zero attached hydrogens (tertiary/aromatic N) is 2. The molecule has 0 aliphatic carbocycles. The molecular weight excluding hydrogens is 258 g/mol. The molecule has 0 spiro atoms. The van der Waals surface area contributed by atoms with E-state index >= 15 is 0 Å². The summed E-state index contributed by atoms with van der Waals surface area (Å²) in [4.78, 5) is 27.3. The molecule has 0 aliphatic rings. The van der Waals surface area contributed by atoms with E-state index in [0.29, 0.717) is 16.9 Å². The summed E-state index contributed by atoms with van der Waals surface area (Å²) in [6, 6.07) is 4.97. The van der Waals surface area contributed by atoms with Gasteiger partial charge in [-0.15, -0.1) is 0 Å². The number of carbonyl (C=O) groups is 2. The summed E-state index contributed by atoms with van der Waals surface area (Å²) in [5.41, 5.74) is 1.24. The Morgan fingerprint density at radius 1 is 1.40 bits per heavy atom. The van der Waals surface area contributed by atoms with Crippen LogP contribution in [0, 0.1) is 0 Å². The minimum Gasteiger partial charge on any atom is -0.478 e. The largest absolute Gasteiger partial charge is 0.478 e. The normalized spacial score (nSPS) is 11.0. The van der Waals surface area contributed by atoms with E-state index < -0.39 is 5.97 Å². The second kappa shape index (κ2) is 5.32. The standard InChI is InChI=1S/C14H17N3O3/c1-8(2)13-16-12-9(14(19)20)5-4-6-10(12)17(13)7-11(18)15-3/h4-6,8H,7H2,1-3H3,(H,15,18)(H,19,20). The highest BCUT2D eigenvalue weighted by atomic mass is 16.4. The van der Waals surface area contributed by atoms with Crippen LogP contribution in [0.5, 0.6) is 0 Å². The van der Waals surface area contributed by atoms with E-state index in [1.807, 2.05) is 13.8 Å². The first kappa shape index (κ1) is 14.0. The Morgan fingerprint density at radius 3 is 2.65 bits per heavy atom. The number of nitrogens with one attached hydrogen (secondary N) is 1. The van der Waals surface area contributed by atoms with Crippen LogP contribution in [-0.4, -0.2) is 33.6 Å². The van der Waals surface area contributed by atoms with Crippen molar-refractivity contribution in [3.63, 3.8) is 0 Å². The number of hydrogen-bond donors (Lipinski definition) is 2. The number of carbonyl (C=O) groups excluding carboxylic acids is 1. The molecule has 1 aromatic carbocycles. The zero-order chi connectivity index (χ0) is 14.9. The van der Waals surface area contributed by atoms with Gasteiger partial charge in [0.05, 0.1) is 11.1 Å². The van der Waals surface area contributed by atoms with Crippen LogP contribution in [0.25, 0.3) is 11.0 Å². The van der Waals surface area contributed by atoms with E-state index in [1.165, 1.54) is 6.07 Å². The minimum absolute atomic E-state index is 0.0914. The van der Waals surface area contributed by atoms with Crippen LogP contribution in [0.15, 0.2) is 18.2 Å². The van der Waals surface area contributed by atoms with Gasteiger partial charge in [0.25, 0.3) is 0 Å². The van der Waals surface area contributed by atoms with E-state index in [9.17, 15) is 14.7 Å². The molecule has 1 aromatic heterocycles. The van der Waals surface area contributed by atoms with Crippen molar-refractivity contribution in [1.29, 1.82) is 0 Å². The van der Waals surface area contributed by atoms with Crippen LogP contribution in [0.4, 0.5) is 0 Å². The van der Waals surface area contributed by atoms with Gasteiger partial charge in [-0.3, -0.25) is 4.79 Å². The van der Waals surface area contributed by atoms with Crippen LogP contribution in [-0.2, 0) is 11.3 Å². The fraction of sp³-hybridized carbons (Fsp3) is 0.357. The zero-order valence-corrected chi connectivity index (χ0v) is 11.7. The molecule has 0 bridgehead atoms. The first-order valence-corrected chi connectivity index (χ1v) is 6.38. The van der Waals surface area contributed by atoms with Crippen LogP contribution in [0.3, 0.4) is 0 Å². The number of imidazole rings is 1. The molecule has 0 aliphatic heterocycles. The number of carboxylic acids is 1. The van der Waals surface area contributed by atoms with Crippen molar-refractivity contribution in [2.45, 2.75) is 26.3 Å². The third-order valence-electron chi connectivity index (χ3n) is 3.14. The third kappa shape index (κ3) is 2.36. The number of benzene rings is 1. The number of likely N-dealkylation sites (N-methyl/N-ethyl adjacent to an activating group) is 1. The summed E-state index contributed by atoms with van der Waals surface area (Å²) in [7, 11) is 1.57. The van der Waals surface area contributed by atoms with Gasteiger partial charge in [-0.05, 0) is 12.1 Å². The maximum Gasteiger partial charge on any atom is 0.337 e. The smallest absolute Gasteiger partial charge is 0.337 e. The lowest BCUT2D eigenvalue weighted by Crippen LogP contribution is -2.24. The average Bonchev–Trinajstić information content (AvgIpc) is 2.77. The topological polar surface area (TPSA) is 84.2 Å². The van der Waals surface area contributed by atoms with Crippen molar-refractivity contribution in [3.05, 3.63) is 29.6 Å². The first-order chi connectivity index (χ1) is 9.45. The van der Waals surface area contributed by atoms with Gasteiger partial charge in [0.1, 0.15) is 17.9 Å². The summed E-state index contributed by atoms with van der Waals surface area (Å²) >= 11 is 0. The lowest BCUT2D eigenvalue weighted by molar-refractivity contribution is -0.121. The van der Waals surface area contributed by atoms with Crippen molar-refractivity contribution >= 4 is 22.9 Å². The number of carboxylic acid groups (broad SMARTS) is 1. The van der Waals surface area contributed by atoms with Gasteiger partial charge < -0.3 is 15.0 Å². The molecule has 0 saturated carbocycles. The number of aromatic carboxylic acids is 1. The van der Waals surface area contributed by atoms with E-state index in [1.54, 1.807) is 23.7 Å². The van der Waals surface area contributed by atoms with E-state index in [-0.39, 0.29) is 23.9 Å². The number of para-hydroxylation sites is 1. The lowest BCUT2D eigenvalue weighted by Gasteiger charge is -2.10. The first-order valence-electron chi connectivity index (χ1n) is 6.38. The Hall–Kier alpha value is -2.37. The second-order valence-corrected chi connectivity index (χ2v) is 4.86. The van der Waals surface area contributed by atoms with Gasteiger partial charge in [-0.1, -0.05) is 19.9 Å². The van der Waals surface area contributed by atoms with E-state index in [2.05, 4.69) is 10.3 Å². The van der Waals surface area contributed by atoms with Crippen molar-refractivity contribution in [1.82, 2.24) is 14.9 Å². The summed E-state index contributed by atoms with van der Waals surface area (Å²) in [6.45, 7) is 4.05. The maximum atomic E-state index is 11.6. The summed E-state index contributed by atoms with van der Waals surface area (Å²) < 4.78 is 1.77. The Bertz CT molecular complexity index is 674. The molecule has 106 valence electrons. The van der Waals surface area contributed by atoms with Crippen LogP contribution in [0.2, 0.25) is 0 Å². The predicted molar refractivity (Wildman–Crippen MR) is 74.8 cm³/mol. The SMILES string of the molecule is CNC(=O)Cn1c(C(C)C)nc2c(C(=O)O)cccc21. The van der Waals surface area contributed by atoms with Crippen molar-refractivity contribution in [2.24, 2.45) is 0 Å². The Balaban J connectivity index is 2.70. The Morgan fingerprint density at radius 2 is 2.10 bits per heavy atom. The average molecular weight is 275 g/mol.